The summed E-state index contributed by atoms with van der Waals surface area (Å²) in [6.07, 6.45) is -0.887. The Morgan fingerprint density at radius 3 is 2.00 bits per heavy atom. The molecule has 0 aliphatic heterocycles. The van der Waals surface area contributed by atoms with E-state index in [4.69, 9.17) is 20.4 Å². The number of thiophene rings is 1. The number of phenols is 1. The third kappa shape index (κ3) is 5.00. The quantitative estimate of drug-likeness (QED) is 0.630. The van der Waals surface area contributed by atoms with Crippen LogP contribution in [0.2, 0.25) is 0 Å². The molecule has 116 valence electrons. The zero-order chi connectivity index (χ0) is 16.7. The Morgan fingerprint density at radius 1 is 1.05 bits per heavy atom. The van der Waals surface area contributed by atoms with Crippen LogP contribution >= 0.6 is 11.3 Å². The molecule has 0 aliphatic carbocycles. The van der Waals surface area contributed by atoms with Gasteiger partial charge in [-0.15, -0.1) is 11.3 Å². The molecule has 7 nitrogen and oxygen atoms in total. The molecule has 0 aliphatic rings. The molecule has 1 atom stereocenters. The summed E-state index contributed by atoms with van der Waals surface area (Å²) in [5, 5.41) is 34.6. The molecule has 1 aromatic heterocycles. The number of carboxylic acid groups (broad SMARTS) is 2. The third-order valence-electron chi connectivity index (χ3n) is 2.40. The smallest absolute Gasteiger partial charge is 0.345 e. The van der Waals surface area contributed by atoms with Crippen molar-refractivity contribution in [2.75, 3.05) is 0 Å². The normalized spacial score (nSPS) is 11.0. The van der Waals surface area contributed by atoms with Gasteiger partial charge in [0.1, 0.15) is 10.6 Å². The molecule has 0 amide bonds. The molecule has 2 aromatic rings. The second kappa shape index (κ2) is 7.91. The molecule has 0 saturated carbocycles. The molecule has 0 saturated heterocycles. The first kappa shape index (κ1) is 17.3. The highest BCUT2D eigenvalue weighted by molar-refractivity contribution is 7.15. The first-order valence-corrected chi connectivity index (χ1v) is 6.65. The van der Waals surface area contributed by atoms with E-state index in [1.165, 1.54) is 36.4 Å². The number of carboxylic acids is 2. The molecular formula is C14H12O7S. The Kier molecular flexibility index (Phi) is 6.24. The van der Waals surface area contributed by atoms with Crippen LogP contribution in [0.15, 0.2) is 36.4 Å². The van der Waals surface area contributed by atoms with E-state index in [-0.39, 0.29) is 16.2 Å². The number of carbonyl (C=O) groups excluding carboxylic acids is 1. The van der Waals surface area contributed by atoms with Gasteiger partial charge in [-0.2, -0.15) is 0 Å². The van der Waals surface area contributed by atoms with Crippen molar-refractivity contribution in [2.24, 2.45) is 0 Å². The number of hydrogen-bond acceptors (Lipinski definition) is 6. The van der Waals surface area contributed by atoms with Gasteiger partial charge in [0, 0.05) is 0 Å². The molecule has 0 fully saturated rings. The number of carbonyl (C=O) groups is 3. The van der Waals surface area contributed by atoms with Crippen LogP contribution in [-0.4, -0.2) is 38.7 Å². The highest BCUT2D eigenvalue weighted by atomic mass is 32.1. The number of phenolic OH excluding ortho intramolecular Hbond substituents is 1. The van der Waals surface area contributed by atoms with Gasteiger partial charge in [-0.3, -0.25) is 4.79 Å². The Balaban J connectivity index is 0.000000224. The van der Waals surface area contributed by atoms with Gasteiger partial charge in [-0.05, 0) is 29.8 Å². The topological polar surface area (TPSA) is 132 Å². The van der Waals surface area contributed by atoms with Gasteiger partial charge in [0.15, 0.2) is 12.4 Å². The molecule has 2 rings (SSSR count). The minimum atomic E-state index is -1.52. The largest absolute Gasteiger partial charge is 0.508 e. The predicted molar refractivity (Wildman–Crippen MR) is 77.4 cm³/mol. The number of aliphatic hydroxyl groups excluding tert-OH is 1. The van der Waals surface area contributed by atoms with Crippen LogP contribution in [0.5, 0.6) is 5.75 Å². The standard InChI is InChI=1S/C8H8O4.C6H4O3S/c9-6-3-1-5(2-4-6)7(10)8(11)12;7-3-4-1-2-5(10-4)6(8)9/h1-4,7,9-10H,(H,11,12);1-3H,(H,8,9). The lowest BCUT2D eigenvalue weighted by Gasteiger charge is -2.04. The van der Waals surface area contributed by atoms with Crippen molar-refractivity contribution in [2.45, 2.75) is 6.10 Å². The summed E-state index contributed by atoms with van der Waals surface area (Å²) < 4.78 is 0. The molecule has 0 radical (unpaired) electrons. The summed E-state index contributed by atoms with van der Waals surface area (Å²) in [6, 6.07) is 8.25. The molecule has 1 aromatic carbocycles. The Morgan fingerprint density at radius 2 is 1.64 bits per heavy atom. The van der Waals surface area contributed by atoms with E-state index in [2.05, 4.69) is 0 Å². The predicted octanol–water partition coefficient (Wildman–Crippen LogP) is 1.77. The highest BCUT2D eigenvalue weighted by Gasteiger charge is 2.14. The molecule has 8 heteroatoms. The number of aromatic carboxylic acids is 1. The number of aromatic hydroxyl groups is 1. The van der Waals surface area contributed by atoms with Crippen molar-refractivity contribution >= 4 is 29.6 Å². The van der Waals surface area contributed by atoms with Gasteiger partial charge >= 0.3 is 11.9 Å². The second-order valence-corrected chi connectivity index (χ2v) is 5.07. The monoisotopic (exact) mass is 324 g/mol. The minimum absolute atomic E-state index is 0.0383. The number of benzene rings is 1. The maximum Gasteiger partial charge on any atom is 0.345 e. The van der Waals surface area contributed by atoms with E-state index in [1.54, 1.807) is 0 Å². The first-order valence-electron chi connectivity index (χ1n) is 5.83. The lowest BCUT2D eigenvalue weighted by molar-refractivity contribution is -0.146. The summed E-state index contributed by atoms with van der Waals surface area (Å²) in [4.78, 5) is 31.2. The van der Waals surface area contributed by atoms with Crippen molar-refractivity contribution in [3.63, 3.8) is 0 Å². The minimum Gasteiger partial charge on any atom is -0.508 e. The van der Waals surface area contributed by atoms with Crippen LogP contribution in [0.1, 0.15) is 31.0 Å². The van der Waals surface area contributed by atoms with Crippen LogP contribution in [0, 0.1) is 0 Å². The van der Waals surface area contributed by atoms with Crippen molar-refractivity contribution < 1.29 is 34.8 Å². The zero-order valence-electron chi connectivity index (χ0n) is 11.0. The Bertz CT molecular complexity index is 660. The van der Waals surface area contributed by atoms with Crippen LogP contribution in [0.25, 0.3) is 0 Å². The number of aliphatic hydroxyl groups is 1. The molecule has 1 heterocycles. The fraction of sp³-hybridized carbons (Fsp3) is 0.0714. The van der Waals surface area contributed by atoms with E-state index < -0.39 is 18.0 Å². The Labute approximate surface area is 128 Å². The lowest BCUT2D eigenvalue weighted by atomic mass is 10.1. The van der Waals surface area contributed by atoms with Gasteiger partial charge in [-0.25, -0.2) is 9.59 Å². The van der Waals surface area contributed by atoms with Crippen molar-refractivity contribution in [1.29, 1.82) is 0 Å². The molecule has 22 heavy (non-hydrogen) atoms. The average molecular weight is 324 g/mol. The summed E-state index contributed by atoms with van der Waals surface area (Å²) in [6.45, 7) is 0. The summed E-state index contributed by atoms with van der Waals surface area (Å²) in [5.41, 5.74) is 0.250. The molecule has 1 unspecified atom stereocenters. The van der Waals surface area contributed by atoms with Crippen LogP contribution in [0.4, 0.5) is 0 Å². The van der Waals surface area contributed by atoms with Gasteiger partial charge < -0.3 is 20.4 Å². The van der Waals surface area contributed by atoms with Crippen LogP contribution in [0.3, 0.4) is 0 Å². The van der Waals surface area contributed by atoms with E-state index in [0.717, 1.165) is 11.3 Å². The molecular weight excluding hydrogens is 312 g/mol. The summed E-state index contributed by atoms with van der Waals surface area (Å²) in [7, 11) is 0. The summed E-state index contributed by atoms with van der Waals surface area (Å²) in [5.74, 6) is -2.25. The number of aldehydes is 1. The fourth-order valence-corrected chi connectivity index (χ4v) is 1.99. The SMILES string of the molecule is O=C(O)C(O)c1ccc(O)cc1.O=Cc1ccc(C(=O)O)s1. The molecule has 4 N–H and O–H groups in total. The molecule has 0 spiro atoms. The number of aliphatic carboxylic acids is 1. The number of hydrogen-bond donors (Lipinski definition) is 4. The Hall–Kier alpha value is -2.71. The first-order chi connectivity index (χ1) is 10.3. The van der Waals surface area contributed by atoms with E-state index in [0.29, 0.717) is 11.2 Å². The van der Waals surface area contributed by atoms with Crippen LogP contribution in [-0.2, 0) is 4.79 Å². The van der Waals surface area contributed by atoms with Crippen molar-refractivity contribution in [3.8, 4) is 5.75 Å². The lowest BCUT2D eigenvalue weighted by Crippen LogP contribution is -2.09. The second-order valence-electron chi connectivity index (χ2n) is 3.96. The molecule has 0 bridgehead atoms. The van der Waals surface area contributed by atoms with Gasteiger partial charge in [0.2, 0.25) is 0 Å². The fourth-order valence-electron chi connectivity index (χ4n) is 1.33. The third-order valence-corrected chi connectivity index (χ3v) is 3.40. The van der Waals surface area contributed by atoms with E-state index in [1.807, 2.05) is 0 Å². The maximum absolute atomic E-state index is 10.3. The average Bonchev–Trinajstić information content (AvgIpc) is 2.97. The van der Waals surface area contributed by atoms with Gasteiger partial charge in [-0.1, -0.05) is 12.1 Å². The van der Waals surface area contributed by atoms with E-state index in [9.17, 15) is 14.4 Å². The van der Waals surface area contributed by atoms with Gasteiger partial charge in [0.05, 0.1) is 4.88 Å². The highest BCUT2D eigenvalue weighted by Crippen LogP contribution is 2.16. The maximum atomic E-state index is 10.3. The van der Waals surface area contributed by atoms with Gasteiger partial charge in [0.25, 0.3) is 0 Å². The summed E-state index contributed by atoms with van der Waals surface area (Å²) >= 11 is 0.973. The van der Waals surface area contributed by atoms with Crippen molar-refractivity contribution in [3.05, 3.63) is 51.7 Å². The van der Waals surface area contributed by atoms with E-state index >= 15 is 0 Å². The number of rotatable bonds is 4. The van der Waals surface area contributed by atoms with Crippen LogP contribution < -0.4 is 0 Å². The van der Waals surface area contributed by atoms with Crippen molar-refractivity contribution in [1.82, 2.24) is 0 Å². The zero-order valence-corrected chi connectivity index (χ0v) is 11.9.